The third kappa shape index (κ3) is 8.04. The number of carbonyl (C=O) groups is 3. The van der Waals surface area contributed by atoms with Crippen LogP contribution in [0, 0.1) is 0 Å². The Morgan fingerprint density at radius 1 is 1.18 bits per heavy atom. The average Bonchev–Trinajstić information content (AvgIpc) is 3.58. The Bertz CT molecular complexity index is 1560. The lowest BCUT2D eigenvalue weighted by molar-refractivity contribution is -0.120. The Kier molecular flexibility index (Phi) is 10.1. The Morgan fingerprint density at radius 2 is 2.02 bits per heavy atom. The largest absolute Gasteiger partial charge is 0.462 e. The topological polar surface area (TPSA) is 149 Å². The fraction of sp³-hybridized carbons (Fsp3) is 0.192. The van der Waals surface area contributed by atoms with Gasteiger partial charge in [-0.1, -0.05) is 36.3 Å². The summed E-state index contributed by atoms with van der Waals surface area (Å²) in [4.78, 5) is 40.9. The van der Waals surface area contributed by atoms with Crippen LogP contribution in [-0.2, 0) is 16.0 Å². The summed E-state index contributed by atoms with van der Waals surface area (Å²) in [5, 5.41) is 15.3. The van der Waals surface area contributed by atoms with Gasteiger partial charge in [0.05, 0.1) is 35.4 Å². The zero-order valence-corrected chi connectivity index (χ0v) is 24.2. The molecule has 3 heterocycles. The van der Waals surface area contributed by atoms with Crippen LogP contribution in [0.25, 0.3) is 11.3 Å². The molecule has 2 N–H and O–H groups in total. The molecule has 0 aliphatic rings. The van der Waals surface area contributed by atoms with Crippen LogP contribution in [0.2, 0.25) is 5.02 Å². The van der Waals surface area contributed by atoms with Gasteiger partial charge in [0.15, 0.2) is 0 Å². The van der Waals surface area contributed by atoms with Crippen molar-refractivity contribution in [3.05, 3.63) is 80.2 Å². The van der Waals surface area contributed by atoms with Gasteiger partial charge in [-0.25, -0.2) is 10.2 Å². The molecule has 2 amide bonds. The van der Waals surface area contributed by atoms with Gasteiger partial charge < -0.3 is 9.15 Å². The van der Waals surface area contributed by atoms with Crippen molar-refractivity contribution in [1.29, 1.82) is 0 Å². The molecule has 0 radical (unpaired) electrons. The second kappa shape index (κ2) is 13.9. The van der Waals surface area contributed by atoms with Gasteiger partial charge in [0.2, 0.25) is 11.0 Å². The summed E-state index contributed by atoms with van der Waals surface area (Å²) in [7, 11) is 0. The molecule has 0 atom stereocenters. The SMILES string of the molecule is CCCCOC(=O)c1cc(-c2ccc(C=NNC(=O)Cc3nnc(NC(=O)c4cncc(Br)c4)s3)o2)ccc1Cl. The summed E-state index contributed by atoms with van der Waals surface area (Å²) in [5.41, 5.74) is 3.62. The van der Waals surface area contributed by atoms with E-state index in [-0.39, 0.29) is 22.1 Å². The standard InChI is InChI=1S/C26H22BrClN6O5S/c1-2-3-8-38-25(37)19-10-15(4-6-20(19)28)21-7-5-18(39-21)14-30-32-22(35)11-23-33-34-26(40-23)31-24(36)16-9-17(27)13-29-12-16/h4-7,9-10,12-14H,2-3,8,11H2,1H3,(H,32,35)(H,31,34,36). The lowest BCUT2D eigenvalue weighted by atomic mass is 10.1. The molecule has 40 heavy (non-hydrogen) atoms. The molecule has 14 heteroatoms. The van der Waals surface area contributed by atoms with Crippen molar-refractivity contribution in [2.24, 2.45) is 5.10 Å². The van der Waals surface area contributed by atoms with Gasteiger partial charge in [-0.2, -0.15) is 5.10 Å². The molecular weight excluding hydrogens is 624 g/mol. The van der Waals surface area contributed by atoms with Gasteiger partial charge in [0, 0.05) is 22.4 Å². The monoisotopic (exact) mass is 644 g/mol. The number of amides is 2. The van der Waals surface area contributed by atoms with Crippen molar-refractivity contribution < 1.29 is 23.5 Å². The molecule has 0 unspecified atom stereocenters. The lowest BCUT2D eigenvalue weighted by Crippen LogP contribution is -2.19. The first-order chi connectivity index (χ1) is 19.3. The number of nitrogens with one attached hydrogen (secondary N) is 2. The number of anilines is 1. The van der Waals surface area contributed by atoms with Crippen molar-refractivity contribution in [3.8, 4) is 11.3 Å². The number of carbonyl (C=O) groups excluding carboxylic acids is 3. The molecule has 1 aromatic carbocycles. The number of pyridine rings is 1. The number of esters is 1. The Hall–Kier alpha value is -3.94. The maximum atomic E-state index is 12.4. The molecule has 0 spiro atoms. The highest BCUT2D eigenvalue weighted by Gasteiger charge is 2.15. The smallest absolute Gasteiger partial charge is 0.339 e. The van der Waals surface area contributed by atoms with Gasteiger partial charge in [0.1, 0.15) is 16.5 Å². The van der Waals surface area contributed by atoms with Gasteiger partial charge >= 0.3 is 5.97 Å². The summed E-state index contributed by atoms with van der Waals surface area (Å²) < 4.78 is 11.7. The average molecular weight is 646 g/mol. The number of furan rings is 1. The van der Waals surface area contributed by atoms with E-state index in [1.807, 2.05) is 6.92 Å². The zero-order valence-electron chi connectivity index (χ0n) is 21.0. The lowest BCUT2D eigenvalue weighted by Gasteiger charge is -2.07. The van der Waals surface area contributed by atoms with Crippen LogP contribution in [0.5, 0.6) is 0 Å². The van der Waals surface area contributed by atoms with E-state index in [1.54, 1.807) is 42.6 Å². The number of hydrogen-bond donors (Lipinski definition) is 2. The van der Waals surface area contributed by atoms with Crippen molar-refractivity contribution in [3.63, 3.8) is 0 Å². The summed E-state index contributed by atoms with van der Waals surface area (Å²) in [6.07, 6.45) is 5.92. The van der Waals surface area contributed by atoms with Gasteiger partial charge in [-0.3, -0.25) is 19.9 Å². The van der Waals surface area contributed by atoms with E-state index in [1.165, 1.54) is 12.4 Å². The molecule has 3 aromatic heterocycles. The summed E-state index contributed by atoms with van der Waals surface area (Å²) >= 11 is 10.5. The number of nitrogens with zero attached hydrogens (tertiary/aromatic N) is 4. The fourth-order valence-electron chi connectivity index (χ4n) is 3.22. The highest BCUT2D eigenvalue weighted by atomic mass is 79.9. The van der Waals surface area contributed by atoms with Crippen molar-refractivity contribution >= 4 is 68.0 Å². The molecule has 0 bridgehead atoms. The minimum absolute atomic E-state index is 0.0887. The van der Waals surface area contributed by atoms with Gasteiger partial charge in [-0.15, -0.1) is 10.2 Å². The number of ether oxygens (including phenoxy) is 1. The summed E-state index contributed by atoms with van der Waals surface area (Å²) in [6.45, 7) is 2.33. The molecule has 4 rings (SSSR count). The van der Waals surface area contributed by atoms with E-state index < -0.39 is 17.8 Å². The number of aromatic nitrogens is 3. The third-order valence-corrected chi connectivity index (χ3v) is 6.78. The van der Waals surface area contributed by atoms with Crippen molar-refractivity contribution in [2.75, 3.05) is 11.9 Å². The van der Waals surface area contributed by atoms with Gasteiger partial charge in [0.25, 0.3) is 5.91 Å². The molecule has 0 aliphatic carbocycles. The first-order valence-electron chi connectivity index (χ1n) is 12.0. The molecule has 0 aliphatic heterocycles. The number of hydrogen-bond acceptors (Lipinski definition) is 10. The third-order valence-electron chi connectivity index (χ3n) is 5.18. The molecule has 0 saturated heterocycles. The number of hydrazone groups is 1. The van der Waals surface area contributed by atoms with Gasteiger partial charge in [-0.05, 0) is 58.7 Å². The Balaban J connectivity index is 1.30. The van der Waals surface area contributed by atoms with Crippen LogP contribution in [0.4, 0.5) is 5.13 Å². The molecule has 0 fully saturated rings. The molecular formula is C26H22BrClN6O5S. The fourth-order valence-corrected chi connectivity index (χ4v) is 4.52. The molecule has 4 aromatic rings. The highest BCUT2D eigenvalue weighted by molar-refractivity contribution is 9.10. The van der Waals surface area contributed by atoms with Crippen molar-refractivity contribution in [1.82, 2.24) is 20.6 Å². The number of rotatable bonds is 11. The van der Waals surface area contributed by atoms with E-state index in [2.05, 4.69) is 47.0 Å². The number of benzene rings is 1. The first-order valence-corrected chi connectivity index (χ1v) is 13.9. The summed E-state index contributed by atoms with van der Waals surface area (Å²) in [6, 6.07) is 9.93. The molecule has 0 saturated carbocycles. The van der Waals surface area contributed by atoms with Crippen LogP contribution in [0.15, 0.2) is 62.8 Å². The van der Waals surface area contributed by atoms with Crippen LogP contribution in [0.3, 0.4) is 0 Å². The maximum absolute atomic E-state index is 12.4. The van der Waals surface area contributed by atoms with Crippen molar-refractivity contribution in [2.45, 2.75) is 26.2 Å². The van der Waals surface area contributed by atoms with Crippen LogP contribution in [-0.4, -0.2) is 45.8 Å². The molecule has 206 valence electrons. The van der Waals surface area contributed by atoms with E-state index in [4.69, 9.17) is 20.8 Å². The minimum Gasteiger partial charge on any atom is -0.462 e. The number of unbranched alkanes of at least 4 members (excludes halogenated alkanes) is 1. The van der Waals surface area contributed by atoms with E-state index in [9.17, 15) is 14.4 Å². The number of halogens is 2. The second-order valence-corrected chi connectivity index (χ2v) is 10.6. The second-order valence-electron chi connectivity index (χ2n) is 8.20. The Morgan fingerprint density at radius 3 is 2.83 bits per heavy atom. The predicted molar refractivity (Wildman–Crippen MR) is 154 cm³/mol. The normalized spacial score (nSPS) is 11.0. The quantitative estimate of drug-likeness (QED) is 0.0939. The van der Waals surface area contributed by atoms with Crippen LogP contribution < -0.4 is 10.7 Å². The first kappa shape index (κ1) is 29.1. The Labute approximate surface area is 246 Å². The van der Waals surface area contributed by atoms with Crippen LogP contribution >= 0.6 is 38.9 Å². The van der Waals surface area contributed by atoms with E-state index >= 15 is 0 Å². The minimum atomic E-state index is -0.497. The van der Waals surface area contributed by atoms with Crippen LogP contribution in [0.1, 0.15) is 51.2 Å². The summed E-state index contributed by atoms with van der Waals surface area (Å²) in [5.74, 6) is -0.472. The maximum Gasteiger partial charge on any atom is 0.339 e. The molecule has 11 nitrogen and oxygen atoms in total. The van der Waals surface area contributed by atoms with E-state index in [0.29, 0.717) is 38.7 Å². The predicted octanol–water partition coefficient (Wildman–Crippen LogP) is 5.51. The van der Waals surface area contributed by atoms with E-state index in [0.717, 1.165) is 24.2 Å². The zero-order chi connectivity index (χ0) is 28.5. The highest BCUT2D eigenvalue weighted by Crippen LogP contribution is 2.27.